The number of likely N-dealkylation sites (tertiary alicyclic amines) is 1. The second-order valence-corrected chi connectivity index (χ2v) is 8.24. The fourth-order valence-electron chi connectivity index (χ4n) is 4.29. The second kappa shape index (κ2) is 10.0. The molecule has 1 fully saturated rings. The summed E-state index contributed by atoms with van der Waals surface area (Å²) in [6.45, 7) is 10.6. The molecule has 7 heteroatoms. The van der Waals surface area contributed by atoms with Gasteiger partial charge in [-0.1, -0.05) is 29.8 Å². The molecular weight excluding hydrogens is 394 g/mol. The van der Waals surface area contributed by atoms with Crippen molar-refractivity contribution in [2.24, 2.45) is 0 Å². The van der Waals surface area contributed by atoms with Crippen LogP contribution in [0.3, 0.4) is 0 Å². The van der Waals surface area contributed by atoms with Crippen molar-refractivity contribution in [3.8, 4) is 0 Å². The number of aryl methyl sites for hydroxylation is 1. The number of carbonyl (C=O) groups is 2. The van der Waals surface area contributed by atoms with Crippen LogP contribution in [-0.2, 0) is 17.8 Å². The zero-order chi connectivity index (χ0) is 22.5. The minimum absolute atomic E-state index is 0.243. The third-order valence-corrected chi connectivity index (χ3v) is 6.17. The van der Waals surface area contributed by atoms with E-state index in [2.05, 4.69) is 41.1 Å². The molecule has 0 radical (unpaired) electrons. The summed E-state index contributed by atoms with van der Waals surface area (Å²) < 4.78 is 7.17. The fourth-order valence-corrected chi connectivity index (χ4v) is 4.29. The summed E-state index contributed by atoms with van der Waals surface area (Å²) >= 11 is 0. The quantitative estimate of drug-likeness (QED) is 0.701. The van der Waals surface area contributed by atoms with Crippen LogP contribution in [0.2, 0.25) is 0 Å². The Bertz CT molecular complexity index is 925. The summed E-state index contributed by atoms with van der Waals surface area (Å²) in [5, 5.41) is 13.4. The normalized spacial score (nSPS) is 14.6. The van der Waals surface area contributed by atoms with Gasteiger partial charge in [0.1, 0.15) is 0 Å². The van der Waals surface area contributed by atoms with E-state index in [9.17, 15) is 14.7 Å². The molecule has 1 amide bonds. The maximum atomic E-state index is 12.0. The average molecular weight is 428 g/mol. The molecule has 1 aromatic carbocycles. The Morgan fingerprint density at radius 3 is 2.32 bits per heavy atom. The molecule has 1 aromatic heterocycles. The van der Waals surface area contributed by atoms with Crippen molar-refractivity contribution >= 4 is 12.1 Å². The molecule has 0 spiro atoms. The number of benzene rings is 1. The summed E-state index contributed by atoms with van der Waals surface area (Å²) in [6.07, 6.45) is 1.39. The van der Waals surface area contributed by atoms with Gasteiger partial charge in [0, 0.05) is 49.2 Å². The molecule has 1 aliphatic heterocycles. The van der Waals surface area contributed by atoms with Gasteiger partial charge < -0.3 is 24.6 Å². The number of nitrogens with zero attached hydrogens (tertiary/aromatic N) is 2. The molecule has 168 valence electrons. The smallest absolute Gasteiger partial charge is 0.409 e. The van der Waals surface area contributed by atoms with E-state index < -0.39 is 5.97 Å². The highest BCUT2D eigenvalue weighted by Crippen LogP contribution is 2.25. The van der Waals surface area contributed by atoms with Crippen molar-refractivity contribution in [3.63, 3.8) is 0 Å². The predicted octanol–water partition coefficient (Wildman–Crippen LogP) is 3.87. The third-order valence-electron chi connectivity index (χ3n) is 6.17. The Kier molecular flexibility index (Phi) is 7.38. The summed E-state index contributed by atoms with van der Waals surface area (Å²) in [7, 11) is 0. The molecule has 2 heterocycles. The lowest BCUT2D eigenvalue weighted by Gasteiger charge is -2.31. The van der Waals surface area contributed by atoms with E-state index in [0.29, 0.717) is 38.3 Å². The van der Waals surface area contributed by atoms with Gasteiger partial charge >= 0.3 is 12.1 Å². The number of ether oxygens (including phenoxy) is 1. The van der Waals surface area contributed by atoms with E-state index in [0.717, 1.165) is 35.4 Å². The maximum absolute atomic E-state index is 12.0. The number of rotatable bonds is 7. The van der Waals surface area contributed by atoms with Gasteiger partial charge in [0.25, 0.3) is 0 Å². The molecule has 0 unspecified atom stereocenters. The number of amides is 1. The van der Waals surface area contributed by atoms with Gasteiger partial charge in [0.2, 0.25) is 0 Å². The van der Waals surface area contributed by atoms with Crippen LogP contribution in [0.1, 0.15) is 58.2 Å². The van der Waals surface area contributed by atoms with Gasteiger partial charge in [0.15, 0.2) is 0 Å². The van der Waals surface area contributed by atoms with Crippen molar-refractivity contribution in [2.75, 3.05) is 19.7 Å². The maximum Gasteiger partial charge on any atom is 0.409 e. The van der Waals surface area contributed by atoms with Crippen molar-refractivity contribution in [1.29, 1.82) is 0 Å². The van der Waals surface area contributed by atoms with Gasteiger partial charge in [-0.25, -0.2) is 9.59 Å². The lowest BCUT2D eigenvalue weighted by Crippen LogP contribution is -2.45. The Balaban J connectivity index is 1.70. The minimum atomic E-state index is -0.891. The SMILES string of the molecule is CCOC(=O)N1CCC(NCc2c(C(=O)O)c(C)n(Cc3ccc(C)cc3)c2C)CC1. The molecular formula is C24H33N3O4. The lowest BCUT2D eigenvalue weighted by molar-refractivity contribution is 0.0693. The van der Waals surface area contributed by atoms with E-state index in [-0.39, 0.29) is 12.1 Å². The van der Waals surface area contributed by atoms with Crippen LogP contribution in [0.25, 0.3) is 0 Å². The largest absolute Gasteiger partial charge is 0.478 e. The van der Waals surface area contributed by atoms with E-state index in [1.165, 1.54) is 5.56 Å². The number of hydrogen-bond donors (Lipinski definition) is 2. The molecule has 31 heavy (non-hydrogen) atoms. The highest BCUT2D eigenvalue weighted by Gasteiger charge is 2.26. The molecule has 1 aliphatic rings. The topological polar surface area (TPSA) is 83.8 Å². The predicted molar refractivity (Wildman–Crippen MR) is 120 cm³/mol. The van der Waals surface area contributed by atoms with E-state index >= 15 is 0 Å². The second-order valence-electron chi connectivity index (χ2n) is 8.24. The number of carbonyl (C=O) groups excluding carboxylic acids is 1. The standard InChI is InChI=1S/C24H33N3O4/c1-5-31-24(30)26-12-10-20(11-13-26)25-14-21-17(3)27(18(4)22(21)23(28)29)15-19-8-6-16(2)7-9-19/h6-9,20,25H,5,10-15H2,1-4H3,(H,28,29). The van der Waals surface area contributed by atoms with E-state index in [1.807, 2.05) is 20.8 Å². The molecule has 2 aromatic rings. The zero-order valence-electron chi connectivity index (χ0n) is 18.9. The molecule has 0 aliphatic carbocycles. The van der Waals surface area contributed by atoms with Crippen LogP contribution in [-0.4, -0.2) is 52.4 Å². The number of hydrogen-bond acceptors (Lipinski definition) is 4. The molecule has 7 nitrogen and oxygen atoms in total. The summed E-state index contributed by atoms with van der Waals surface area (Å²) in [5.41, 5.74) is 5.34. The van der Waals surface area contributed by atoms with Crippen molar-refractivity contribution < 1.29 is 19.4 Å². The Morgan fingerprint density at radius 2 is 1.74 bits per heavy atom. The highest BCUT2D eigenvalue weighted by atomic mass is 16.6. The Labute approximate surface area is 184 Å². The minimum Gasteiger partial charge on any atom is -0.478 e. The average Bonchev–Trinajstić information content (AvgIpc) is 2.98. The molecule has 2 N–H and O–H groups in total. The van der Waals surface area contributed by atoms with Crippen molar-refractivity contribution in [2.45, 2.75) is 59.7 Å². The van der Waals surface area contributed by atoms with Crippen LogP contribution in [0.4, 0.5) is 4.79 Å². The van der Waals surface area contributed by atoms with Gasteiger partial charge in [-0.2, -0.15) is 0 Å². The number of nitrogens with one attached hydrogen (secondary N) is 1. The molecule has 0 atom stereocenters. The highest BCUT2D eigenvalue weighted by molar-refractivity contribution is 5.91. The fraction of sp³-hybridized carbons (Fsp3) is 0.500. The van der Waals surface area contributed by atoms with E-state index in [1.54, 1.807) is 4.90 Å². The first-order valence-electron chi connectivity index (χ1n) is 10.9. The van der Waals surface area contributed by atoms with Gasteiger partial charge in [0.05, 0.1) is 12.2 Å². The first kappa shape index (κ1) is 22.9. The zero-order valence-corrected chi connectivity index (χ0v) is 18.9. The summed E-state index contributed by atoms with van der Waals surface area (Å²) in [6, 6.07) is 8.57. The monoisotopic (exact) mass is 427 g/mol. The molecule has 3 rings (SSSR count). The van der Waals surface area contributed by atoms with Gasteiger partial charge in [-0.15, -0.1) is 0 Å². The van der Waals surface area contributed by atoms with Crippen molar-refractivity contribution in [1.82, 2.24) is 14.8 Å². The first-order valence-corrected chi connectivity index (χ1v) is 10.9. The first-order chi connectivity index (χ1) is 14.8. The number of aromatic nitrogens is 1. The number of piperidine rings is 1. The van der Waals surface area contributed by atoms with E-state index in [4.69, 9.17) is 4.74 Å². The molecule has 0 bridgehead atoms. The summed E-state index contributed by atoms with van der Waals surface area (Å²) in [5.74, 6) is -0.891. The van der Waals surface area contributed by atoms with Crippen LogP contribution >= 0.6 is 0 Å². The molecule has 1 saturated heterocycles. The third kappa shape index (κ3) is 5.28. The lowest BCUT2D eigenvalue weighted by atomic mass is 10.0. The number of aromatic carboxylic acids is 1. The van der Waals surface area contributed by atoms with Gasteiger partial charge in [-0.05, 0) is 46.1 Å². The number of carboxylic acids is 1. The number of carboxylic acid groups (broad SMARTS) is 1. The summed E-state index contributed by atoms with van der Waals surface area (Å²) in [4.78, 5) is 25.6. The Morgan fingerprint density at radius 1 is 1.10 bits per heavy atom. The van der Waals surface area contributed by atoms with Crippen LogP contribution in [0, 0.1) is 20.8 Å². The van der Waals surface area contributed by atoms with Crippen LogP contribution in [0.15, 0.2) is 24.3 Å². The van der Waals surface area contributed by atoms with Crippen LogP contribution in [0.5, 0.6) is 0 Å². The van der Waals surface area contributed by atoms with Crippen molar-refractivity contribution in [3.05, 3.63) is 57.9 Å². The van der Waals surface area contributed by atoms with Gasteiger partial charge in [-0.3, -0.25) is 0 Å². The van der Waals surface area contributed by atoms with Crippen LogP contribution < -0.4 is 5.32 Å². The Hall–Kier alpha value is -2.80. The molecule has 0 saturated carbocycles.